The average Bonchev–Trinajstić information content (AvgIpc) is 2.45. The van der Waals surface area contributed by atoms with Crippen molar-refractivity contribution in [3.05, 3.63) is 33.7 Å². The van der Waals surface area contributed by atoms with E-state index in [-0.39, 0.29) is 17.4 Å². The number of alkyl halides is 3. The molecule has 2 aliphatic heterocycles. The Balaban J connectivity index is 1.86. The number of carbonyl (C=O) groups is 1. The molecule has 5 nitrogen and oxygen atoms in total. The number of hydrogen-bond donors (Lipinski definition) is 0. The summed E-state index contributed by atoms with van der Waals surface area (Å²) in [7, 11) is 0. The van der Waals surface area contributed by atoms with Gasteiger partial charge in [-0.05, 0) is 44.7 Å². The number of piperidine rings is 1. The van der Waals surface area contributed by atoms with E-state index in [2.05, 4.69) is 0 Å². The number of fused-ring (bicyclic) bond motifs is 4. The van der Waals surface area contributed by atoms with Crippen LogP contribution in [0.2, 0.25) is 0 Å². The van der Waals surface area contributed by atoms with Gasteiger partial charge in [-0.15, -0.1) is 0 Å². The second-order valence-corrected chi connectivity index (χ2v) is 8.21. The molecule has 1 saturated heterocycles. The lowest BCUT2D eigenvalue weighted by Crippen LogP contribution is -2.50. The first-order valence-corrected chi connectivity index (χ1v) is 8.69. The molecule has 0 unspecified atom stereocenters. The average molecular weight is 372 g/mol. The van der Waals surface area contributed by atoms with Gasteiger partial charge in [0.05, 0.1) is 6.42 Å². The number of halogens is 3. The van der Waals surface area contributed by atoms with Gasteiger partial charge in [-0.3, -0.25) is 4.79 Å². The summed E-state index contributed by atoms with van der Waals surface area (Å²) >= 11 is 0. The van der Waals surface area contributed by atoms with Crippen LogP contribution in [0.5, 0.6) is 0 Å². The van der Waals surface area contributed by atoms with Crippen LogP contribution in [0.3, 0.4) is 0 Å². The minimum absolute atomic E-state index is 0.0263. The molecule has 0 aromatic carbocycles. The Kier molecular flexibility index (Phi) is 4.56. The van der Waals surface area contributed by atoms with Crippen LogP contribution in [0.25, 0.3) is 0 Å². The first kappa shape index (κ1) is 18.8. The van der Waals surface area contributed by atoms with E-state index in [1.54, 1.807) is 30.2 Å². The SMILES string of the molecule is CC(C)(C)OC(=O)N1C[C@@H]2C[C@H](C1)c1cc(CC(F)(F)F)cc(=O)n1C2. The number of rotatable bonds is 1. The maximum Gasteiger partial charge on any atom is 0.410 e. The van der Waals surface area contributed by atoms with Gasteiger partial charge in [0.15, 0.2) is 0 Å². The van der Waals surface area contributed by atoms with Crippen molar-refractivity contribution in [3.63, 3.8) is 0 Å². The second kappa shape index (κ2) is 6.32. The van der Waals surface area contributed by atoms with Crippen molar-refractivity contribution in [1.29, 1.82) is 0 Å². The summed E-state index contributed by atoms with van der Waals surface area (Å²) in [5.41, 5.74) is -0.455. The fourth-order valence-corrected chi connectivity index (χ4v) is 3.82. The van der Waals surface area contributed by atoms with E-state index >= 15 is 0 Å². The molecule has 0 N–H and O–H groups in total. The number of amides is 1. The molecule has 1 aromatic rings. The Morgan fingerprint density at radius 1 is 1.19 bits per heavy atom. The van der Waals surface area contributed by atoms with Gasteiger partial charge in [0, 0.05) is 37.3 Å². The molecular weight excluding hydrogens is 349 g/mol. The van der Waals surface area contributed by atoms with Crippen molar-refractivity contribution in [2.75, 3.05) is 13.1 Å². The Labute approximate surface area is 149 Å². The number of pyridine rings is 1. The zero-order valence-corrected chi connectivity index (χ0v) is 15.1. The van der Waals surface area contributed by atoms with Gasteiger partial charge in [-0.1, -0.05) is 0 Å². The lowest BCUT2D eigenvalue weighted by Gasteiger charge is -2.43. The largest absolute Gasteiger partial charge is 0.444 e. The third kappa shape index (κ3) is 4.22. The number of nitrogens with zero attached hydrogens (tertiary/aromatic N) is 2. The van der Waals surface area contributed by atoms with Gasteiger partial charge in [-0.2, -0.15) is 13.2 Å². The zero-order valence-electron chi connectivity index (χ0n) is 15.1. The molecule has 1 fully saturated rings. The monoisotopic (exact) mass is 372 g/mol. The van der Waals surface area contributed by atoms with E-state index in [1.165, 1.54) is 6.07 Å². The summed E-state index contributed by atoms with van der Waals surface area (Å²) in [5.74, 6) is -0.0594. The summed E-state index contributed by atoms with van der Waals surface area (Å²) in [5, 5.41) is 0. The van der Waals surface area contributed by atoms with Gasteiger partial charge in [0.1, 0.15) is 5.60 Å². The Bertz CT molecular complexity index is 764. The van der Waals surface area contributed by atoms with Crippen LogP contribution >= 0.6 is 0 Å². The summed E-state index contributed by atoms with van der Waals surface area (Å²) in [4.78, 5) is 26.3. The molecule has 0 saturated carbocycles. The minimum atomic E-state index is -4.36. The third-order valence-electron chi connectivity index (χ3n) is 4.67. The molecule has 1 aromatic heterocycles. The van der Waals surface area contributed by atoms with Crippen LogP contribution in [0.15, 0.2) is 16.9 Å². The fraction of sp³-hybridized carbons (Fsp3) is 0.667. The van der Waals surface area contributed by atoms with Crippen molar-refractivity contribution in [2.24, 2.45) is 5.92 Å². The zero-order chi connectivity index (χ0) is 19.3. The minimum Gasteiger partial charge on any atom is -0.444 e. The molecular formula is C18H23F3N2O3. The molecule has 2 bridgehead atoms. The van der Waals surface area contributed by atoms with Crippen molar-refractivity contribution in [2.45, 2.75) is 57.9 Å². The van der Waals surface area contributed by atoms with Gasteiger partial charge >= 0.3 is 12.3 Å². The number of ether oxygens (including phenoxy) is 1. The smallest absolute Gasteiger partial charge is 0.410 e. The quantitative estimate of drug-likeness (QED) is 0.760. The number of likely N-dealkylation sites (tertiary alicyclic amines) is 1. The Hall–Kier alpha value is -1.99. The van der Waals surface area contributed by atoms with Crippen molar-refractivity contribution < 1.29 is 22.7 Å². The van der Waals surface area contributed by atoms with Crippen molar-refractivity contribution in [3.8, 4) is 0 Å². The van der Waals surface area contributed by atoms with Crippen LogP contribution in [0.4, 0.5) is 18.0 Å². The molecule has 144 valence electrons. The molecule has 3 heterocycles. The van der Waals surface area contributed by atoms with Gasteiger partial charge in [-0.25, -0.2) is 4.79 Å². The highest BCUT2D eigenvalue weighted by Crippen LogP contribution is 2.36. The summed E-state index contributed by atoms with van der Waals surface area (Å²) in [6.07, 6.45) is -5.15. The highest BCUT2D eigenvalue weighted by molar-refractivity contribution is 5.68. The van der Waals surface area contributed by atoms with Crippen molar-refractivity contribution >= 4 is 6.09 Å². The molecule has 3 rings (SSSR count). The van der Waals surface area contributed by atoms with E-state index in [0.717, 1.165) is 12.5 Å². The van der Waals surface area contributed by atoms with E-state index in [0.29, 0.717) is 25.3 Å². The topological polar surface area (TPSA) is 51.5 Å². The summed E-state index contributed by atoms with van der Waals surface area (Å²) in [6, 6.07) is 2.54. The van der Waals surface area contributed by atoms with E-state index < -0.39 is 29.9 Å². The van der Waals surface area contributed by atoms with Crippen LogP contribution in [-0.4, -0.2) is 40.4 Å². The van der Waals surface area contributed by atoms with Crippen LogP contribution < -0.4 is 5.56 Å². The predicted molar refractivity (Wildman–Crippen MR) is 89.1 cm³/mol. The molecule has 1 amide bonds. The fourth-order valence-electron chi connectivity index (χ4n) is 3.82. The molecule has 26 heavy (non-hydrogen) atoms. The molecule has 0 aliphatic carbocycles. The lowest BCUT2D eigenvalue weighted by molar-refractivity contribution is -0.127. The highest BCUT2D eigenvalue weighted by atomic mass is 19.4. The Morgan fingerprint density at radius 2 is 1.88 bits per heavy atom. The molecule has 0 radical (unpaired) electrons. The molecule has 2 atom stereocenters. The number of carbonyl (C=O) groups excluding carboxylic acids is 1. The first-order valence-electron chi connectivity index (χ1n) is 8.69. The van der Waals surface area contributed by atoms with E-state index in [1.807, 2.05) is 0 Å². The molecule has 0 spiro atoms. The Morgan fingerprint density at radius 3 is 2.50 bits per heavy atom. The second-order valence-electron chi connectivity index (χ2n) is 8.21. The molecule has 2 aliphatic rings. The molecule has 8 heteroatoms. The van der Waals surface area contributed by atoms with Crippen LogP contribution in [0.1, 0.15) is 44.4 Å². The van der Waals surface area contributed by atoms with Gasteiger partial charge in [0.2, 0.25) is 0 Å². The summed E-state index contributed by atoms with van der Waals surface area (Å²) < 4.78 is 45.1. The number of hydrogen-bond acceptors (Lipinski definition) is 3. The van der Waals surface area contributed by atoms with Crippen LogP contribution in [0, 0.1) is 5.92 Å². The van der Waals surface area contributed by atoms with Crippen molar-refractivity contribution in [1.82, 2.24) is 9.47 Å². The summed E-state index contributed by atoms with van der Waals surface area (Å²) in [6.45, 7) is 6.61. The first-order chi connectivity index (χ1) is 11.9. The van der Waals surface area contributed by atoms with E-state index in [9.17, 15) is 22.8 Å². The van der Waals surface area contributed by atoms with Crippen LogP contribution in [-0.2, 0) is 17.7 Å². The normalized spacial score (nSPS) is 22.8. The highest BCUT2D eigenvalue weighted by Gasteiger charge is 2.38. The third-order valence-corrected chi connectivity index (χ3v) is 4.67. The van der Waals surface area contributed by atoms with Gasteiger partial charge in [0.25, 0.3) is 5.56 Å². The maximum absolute atomic E-state index is 12.7. The van der Waals surface area contributed by atoms with Gasteiger partial charge < -0.3 is 14.2 Å². The number of aromatic nitrogens is 1. The predicted octanol–water partition coefficient (Wildman–Crippen LogP) is 3.31. The van der Waals surface area contributed by atoms with E-state index in [4.69, 9.17) is 4.74 Å². The lowest BCUT2D eigenvalue weighted by atomic mass is 9.83. The standard InChI is InChI=1S/C18H23F3N2O3/c1-17(2,3)26-16(25)22-8-12-4-13(10-22)14-5-11(7-18(19,20)21)6-15(24)23(14)9-12/h5-6,12-13H,4,7-10H2,1-3H3/t12-,13+/m0/s1. The maximum atomic E-state index is 12.7.